The van der Waals surface area contributed by atoms with E-state index in [4.69, 9.17) is 4.74 Å². The molecule has 1 amide bonds. The lowest BCUT2D eigenvalue weighted by Crippen LogP contribution is -2.33. The minimum Gasteiger partial charge on any atom is -0.492 e. The Labute approximate surface area is 103 Å². The second kappa shape index (κ2) is 6.28. The predicted molar refractivity (Wildman–Crippen MR) is 69.1 cm³/mol. The van der Waals surface area contributed by atoms with Crippen molar-refractivity contribution in [3.05, 3.63) is 29.8 Å². The molecule has 3 nitrogen and oxygen atoms in total. The summed E-state index contributed by atoms with van der Waals surface area (Å²) in [6, 6.07) is 7.91. The molecule has 0 aliphatic rings. The van der Waals surface area contributed by atoms with Crippen molar-refractivity contribution in [3.8, 4) is 5.75 Å². The molecule has 0 saturated carbocycles. The van der Waals surface area contributed by atoms with E-state index in [9.17, 15) is 4.79 Å². The minimum atomic E-state index is 0.0411. The monoisotopic (exact) mass is 235 g/mol. The van der Waals surface area contributed by atoms with Gasteiger partial charge in [-0.2, -0.15) is 0 Å². The molecule has 0 saturated heterocycles. The molecular formula is C14H21NO2. The summed E-state index contributed by atoms with van der Waals surface area (Å²) in [5.41, 5.74) is 1.21. The number of benzene rings is 1. The van der Waals surface area contributed by atoms with Crippen LogP contribution < -0.4 is 4.74 Å². The van der Waals surface area contributed by atoms with Gasteiger partial charge >= 0.3 is 0 Å². The number of nitrogens with zero attached hydrogens (tertiary/aromatic N) is 1. The third-order valence-electron chi connectivity index (χ3n) is 2.59. The summed E-state index contributed by atoms with van der Waals surface area (Å²) in [7, 11) is 1.81. The maximum Gasteiger partial charge on any atom is 0.224 e. The zero-order valence-electron chi connectivity index (χ0n) is 11.1. The molecular weight excluding hydrogens is 214 g/mol. The predicted octanol–water partition coefficient (Wildman–Crippen LogP) is 2.49. The fourth-order valence-corrected chi connectivity index (χ4v) is 1.49. The number of hydrogen-bond donors (Lipinski definition) is 0. The molecule has 1 rings (SSSR count). The second-order valence-corrected chi connectivity index (χ2v) is 4.58. The van der Waals surface area contributed by atoms with Gasteiger partial charge < -0.3 is 9.64 Å². The van der Waals surface area contributed by atoms with Crippen LogP contribution >= 0.6 is 0 Å². The summed E-state index contributed by atoms with van der Waals surface area (Å²) in [4.78, 5) is 13.3. The Bertz CT molecular complexity index is 357. The van der Waals surface area contributed by atoms with Crippen LogP contribution in [-0.4, -0.2) is 31.0 Å². The first-order valence-electron chi connectivity index (χ1n) is 5.95. The normalized spacial score (nSPS) is 10.4. The Hall–Kier alpha value is -1.51. The van der Waals surface area contributed by atoms with Gasteiger partial charge in [0, 0.05) is 13.0 Å². The van der Waals surface area contributed by atoms with Crippen LogP contribution in [0, 0.1) is 12.8 Å². The summed E-state index contributed by atoms with van der Waals surface area (Å²) in [5.74, 6) is 1.04. The quantitative estimate of drug-likeness (QED) is 0.784. The second-order valence-electron chi connectivity index (χ2n) is 4.58. The highest BCUT2D eigenvalue weighted by Crippen LogP contribution is 2.11. The van der Waals surface area contributed by atoms with Gasteiger partial charge in [0.25, 0.3) is 0 Å². The van der Waals surface area contributed by atoms with Gasteiger partial charge in [-0.3, -0.25) is 4.79 Å². The Balaban J connectivity index is 2.33. The number of hydrogen-bond acceptors (Lipinski definition) is 2. The molecule has 0 fully saturated rings. The fourth-order valence-electron chi connectivity index (χ4n) is 1.49. The van der Waals surface area contributed by atoms with E-state index in [1.807, 2.05) is 45.0 Å². The number of ether oxygens (including phenoxy) is 1. The van der Waals surface area contributed by atoms with Crippen molar-refractivity contribution < 1.29 is 9.53 Å². The van der Waals surface area contributed by atoms with Crippen molar-refractivity contribution in [2.45, 2.75) is 20.8 Å². The lowest BCUT2D eigenvalue weighted by atomic mass is 10.2. The van der Waals surface area contributed by atoms with Gasteiger partial charge in [-0.15, -0.1) is 0 Å². The lowest BCUT2D eigenvalue weighted by molar-refractivity contribution is -0.133. The van der Waals surface area contributed by atoms with E-state index < -0.39 is 0 Å². The topological polar surface area (TPSA) is 29.5 Å². The van der Waals surface area contributed by atoms with Gasteiger partial charge in [0.2, 0.25) is 5.91 Å². The molecule has 0 spiro atoms. The van der Waals surface area contributed by atoms with Crippen LogP contribution in [0.2, 0.25) is 0 Å². The smallest absolute Gasteiger partial charge is 0.224 e. The van der Waals surface area contributed by atoms with Crippen LogP contribution in [0.4, 0.5) is 0 Å². The first-order valence-corrected chi connectivity index (χ1v) is 5.95. The number of carbonyl (C=O) groups is 1. The van der Waals surface area contributed by atoms with Crippen LogP contribution in [0.3, 0.4) is 0 Å². The summed E-state index contributed by atoms with van der Waals surface area (Å²) in [6.07, 6.45) is 0. The van der Waals surface area contributed by atoms with Crippen LogP contribution in [-0.2, 0) is 4.79 Å². The van der Waals surface area contributed by atoms with Crippen LogP contribution in [0.25, 0.3) is 0 Å². The molecule has 0 aromatic heterocycles. The van der Waals surface area contributed by atoms with Crippen molar-refractivity contribution in [1.82, 2.24) is 4.90 Å². The molecule has 0 bridgehead atoms. The molecule has 0 radical (unpaired) electrons. The Morgan fingerprint density at radius 2 is 1.88 bits per heavy atom. The molecule has 1 aromatic rings. The number of aryl methyl sites for hydroxylation is 1. The molecule has 0 aliphatic carbocycles. The van der Waals surface area contributed by atoms with E-state index >= 15 is 0 Å². The van der Waals surface area contributed by atoms with Gasteiger partial charge in [-0.05, 0) is 19.1 Å². The number of carbonyl (C=O) groups excluding carboxylic acids is 1. The van der Waals surface area contributed by atoms with Crippen LogP contribution in [0.5, 0.6) is 5.75 Å². The van der Waals surface area contributed by atoms with E-state index in [0.717, 1.165) is 5.75 Å². The zero-order valence-corrected chi connectivity index (χ0v) is 11.1. The van der Waals surface area contributed by atoms with Gasteiger partial charge in [0.15, 0.2) is 0 Å². The van der Waals surface area contributed by atoms with Gasteiger partial charge in [-0.1, -0.05) is 31.5 Å². The summed E-state index contributed by atoms with van der Waals surface area (Å²) in [5, 5.41) is 0. The van der Waals surface area contributed by atoms with Gasteiger partial charge in [-0.25, -0.2) is 0 Å². The SMILES string of the molecule is Cc1ccc(OCCN(C)C(=O)C(C)C)cc1. The number of likely N-dealkylation sites (N-methyl/N-ethyl adjacent to an activating group) is 1. The van der Waals surface area contributed by atoms with Gasteiger partial charge in [0.1, 0.15) is 12.4 Å². The Kier molecular flexibility index (Phi) is 5.01. The zero-order chi connectivity index (χ0) is 12.8. The van der Waals surface area contributed by atoms with E-state index in [-0.39, 0.29) is 11.8 Å². The first kappa shape index (κ1) is 13.6. The lowest BCUT2D eigenvalue weighted by Gasteiger charge is -2.19. The maximum absolute atomic E-state index is 11.6. The highest BCUT2D eigenvalue weighted by molar-refractivity contribution is 5.77. The molecule has 17 heavy (non-hydrogen) atoms. The van der Waals surface area contributed by atoms with E-state index in [0.29, 0.717) is 13.2 Å². The van der Waals surface area contributed by atoms with Crippen LogP contribution in [0.1, 0.15) is 19.4 Å². The first-order chi connectivity index (χ1) is 8.00. The molecule has 0 atom stereocenters. The fraction of sp³-hybridized carbons (Fsp3) is 0.500. The molecule has 0 heterocycles. The van der Waals surface area contributed by atoms with E-state index in [1.165, 1.54) is 5.56 Å². The van der Waals surface area contributed by atoms with Crippen molar-refractivity contribution in [1.29, 1.82) is 0 Å². The van der Waals surface area contributed by atoms with E-state index in [1.54, 1.807) is 11.9 Å². The molecule has 0 aliphatic heterocycles. The van der Waals surface area contributed by atoms with Crippen molar-refractivity contribution in [2.75, 3.05) is 20.2 Å². The highest BCUT2D eigenvalue weighted by atomic mass is 16.5. The largest absolute Gasteiger partial charge is 0.492 e. The van der Waals surface area contributed by atoms with Crippen LogP contribution in [0.15, 0.2) is 24.3 Å². The standard InChI is InChI=1S/C14H21NO2/c1-11(2)14(16)15(4)9-10-17-13-7-5-12(3)6-8-13/h5-8,11H,9-10H2,1-4H3. The molecule has 1 aromatic carbocycles. The van der Waals surface area contributed by atoms with Crippen molar-refractivity contribution >= 4 is 5.91 Å². The summed E-state index contributed by atoms with van der Waals surface area (Å²) in [6.45, 7) is 6.99. The third-order valence-corrected chi connectivity index (χ3v) is 2.59. The molecule has 0 N–H and O–H groups in total. The molecule has 94 valence electrons. The number of rotatable bonds is 5. The molecule has 3 heteroatoms. The Morgan fingerprint density at radius 3 is 2.41 bits per heavy atom. The third kappa shape index (κ3) is 4.47. The number of amides is 1. The molecule has 0 unspecified atom stereocenters. The van der Waals surface area contributed by atoms with Gasteiger partial charge in [0.05, 0.1) is 6.54 Å². The average molecular weight is 235 g/mol. The van der Waals surface area contributed by atoms with E-state index in [2.05, 4.69) is 0 Å². The maximum atomic E-state index is 11.6. The summed E-state index contributed by atoms with van der Waals surface area (Å²) < 4.78 is 5.57. The summed E-state index contributed by atoms with van der Waals surface area (Å²) >= 11 is 0. The average Bonchev–Trinajstić information content (AvgIpc) is 2.30. The highest BCUT2D eigenvalue weighted by Gasteiger charge is 2.12. The Morgan fingerprint density at radius 1 is 1.29 bits per heavy atom. The van der Waals surface area contributed by atoms with Crippen molar-refractivity contribution in [2.24, 2.45) is 5.92 Å². The minimum absolute atomic E-state index is 0.0411. The van der Waals surface area contributed by atoms with Crippen molar-refractivity contribution in [3.63, 3.8) is 0 Å².